The van der Waals surface area contributed by atoms with E-state index in [1.165, 1.54) is 119 Å². The average Bonchev–Trinajstić information content (AvgIpc) is 3.64. The van der Waals surface area contributed by atoms with Gasteiger partial charge in [0.25, 0.3) is 0 Å². The van der Waals surface area contributed by atoms with Crippen molar-refractivity contribution in [2.24, 2.45) is 0 Å². The maximum atomic E-state index is 16.1. The Kier molecular flexibility index (Phi) is 7.74. The van der Waals surface area contributed by atoms with Crippen LogP contribution in [0.3, 0.4) is 0 Å². The van der Waals surface area contributed by atoms with E-state index in [9.17, 15) is 0 Å². The molecule has 62 heavy (non-hydrogen) atoms. The highest BCUT2D eigenvalue weighted by Gasteiger charge is 2.37. The van der Waals surface area contributed by atoms with E-state index in [1.54, 1.807) is 0 Å². The molecule has 0 spiro atoms. The molecule has 0 fully saturated rings. The van der Waals surface area contributed by atoms with Crippen LogP contribution in [0.1, 0.15) is 66.6 Å². The van der Waals surface area contributed by atoms with Gasteiger partial charge in [-0.1, -0.05) is 172 Å². The maximum absolute atomic E-state index is 16.1. The summed E-state index contributed by atoms with van der Waals surface area (Å²) in [5.41, 5.74) is 6.49. The Morgan fingerprint density at radius 3 is 0.984 bits per heavy atom. The highest BCUT2D eigenvalue weighted by molar-refractivity contribution is 6.45. The summed E-state index contributed by atoms with van der Waals surface area (Å²) in [5.74, 6) is 0.203. The molecule has 0 saturated heterocycles. The molecule has 1 heteroatoms. The van der Waals surface area contributed by atoms with Gasteiger partial charge in [-0.05, 0) is 157 Å². The van der Waals surface area contributed by atoms with Crippen LogP contribution in [0.4, 0.5) is 0 Å². The molecule has 0 amide bonds. The second-order valence-corrected chi connectivity index (χ2v) is 17.8. The predicted octanol–water partition coefficient (Wildman–Crippen LogP) is 17.1. The quantitative estimate of drug-likeness (QED) is 0.153. The van der Waals surface area contributed by atoms with Gasteiger partial charge in [0, 0.05) is 22.3 Å². The minimum absolute atomic E-state index is 0.203. The fraction of sp³-hybridized carbons (Fsp3) is 0.131. The monoisotopic (exact) mass is 792 g/mol. The number of carbonyl (C=O) groups is 1. The number of hydrogen-bond acceptors (Lipinski definition) is 1. The van der Waals surface area contributed by atoms with Crippen molar-refractivity contribution in [3.05, 3.63) is 180 Å². The number of ketones is 1. The molecule has 1 aliphatic carbocycles. The van der Waals surface area contributed by atoms with Gasteiger partial charge in [0.05, 0.1) is 0 Å². The Labute approximate surface area is 360 Å². The number of aryl methyl sites for hydroxylation is 2. The minimum Gasteiger partial charge on any atom is -0.289 e. The molecule has 13 rings (SSSR count). The molecular formula is C61H44O. The zero-order valence-electron chi connectivity index (χ0n) is 35.2. The molecule has 0 radical (unpaired) electrons. The molecular weight excluding hydrogens is 749 g/mol. The molecule has 0 bridgehead atoms. The predicted molar refractivity (Wildman–Crippen MR) is 268 cm³/mol. The summed E-state index contributed by atoms with van der Waals surface area (Å²) in [6.45, 7) is 4.53. The second kappa shape index (κ2) is 13.5. The van der Waals surface area contributed by atoms with Crippen LogP contribution in [0.5, 0.6) is 0 Å². The van der Waals surface area contributed by atoms with E-state index in [0.717, 1.165) is 60.8 Å². The Morgan fingerprint density at radius 2 is 0.629 bits per heavy atom. The van der Waals surface area contributed by atoms with E-state index >= 15 is 4.79 Å². The normalized spacial score (nSPS) is 12.8. The van der Waals surface area contributed by atoms with Gasteiger partial charge in [0.15, 0.2) is 5.78 Å². The summed E-state index contributed by atoms with van der Waals surface area (Å²) in [6, 6.07) is 59.0. The van der Waals surface area contributed by atoms with Crippen molar-refractivity contribution >= 4 is 114 Å². The van der Waals surface area contributed by atoms with Gasteiger partial charge in [-0.3, -0.25) is 4.79 Å². The van der Waals surface area contributed by atoms with Crippen molar-refractivity contribution in [3.8, 4) is 11.1 Å². The number of rotatable bonds is 6. The highest BCUT2D eigenvalue weighted by atomic mass is 16.1. The standard InChI is InChI=1S/C61H44O/c1-3-5-15-39-33-49-53-41-21-11-7-17-35(41)25-29-45(53)47-31-27-37-19-9-13-23-43(37)55(47)57(49)59-51(39)61(62)52-40(16-6-4-2)34-50-54-42-22-12-8-18-36(42)26-30-46(54)48-32-28-38-20-10-14-24-44(38)56(48)58(50)60(52)59/h7-14,17-34H,3-6,15-16H2,1-2H3. The minimum atomic E-state index is 0.203. The van der Waals surface area contributed by atoms with Crippen LogP contribution in [0.2, 0.25) is 0 Å². The van der Waals surface area contributed by atoms with Gasteiger partial charge in [-0.15, -0.1) is 0 Å². The molecule has 0 aromatic heterocycles. The fourth-order valence-corrected chi connectivity index (χ4v) is 11.8. The van der Waals surface area contributed by atoms with Crippen molar-refractivity contribution in [2.45, 2.75) is 52.4 Å². The SMILES string of the molecule is CCCCc1cc2c(c3c1C(=O)c1c(CCCC)cc4c(c1-3)c1c3ccccc3ccc1c1ccc3ccccc3c14)c1c3ccccc3ccc1c1ccc3ccccc3c12. The topological polar surface area (TPSA) is 17.1 Å². The number of unbranched alkanes of at least 4 members (excludes halogenated alkanes) is 2. The van der Waals surface area contributed by atoms with E-state index in [0.29, 0.717) is 0 Å². The van der Waals surface area contributed by atoms with Crippen molar-refractivity contribution in [1.29, 1.82) is 0 Å². The Hall–Kier alpha value is -7.09. The van der Waals surface area contributed by atoms with Gasteiger partial charge in [0.1, 0.15) is 0 Å². The largest absolute Gasteiger partial charge is 0.289 e. The number of carbonyl (C=O) groups excluding carboxylic acids is 1. The molecule has 0 saturated carbocycles. The molecule has 0 aliphatic heterocycles. The third-order valence-corrected chi connectivity index (χ3v) is 14.5. The van der Waals surface area contributed by atoms with Gasteiger partial charge < -0.3 is 0 Å². The fourth-order valence-electron chi connectivity index (χ4n) is 11.8. The van der Waals surface area contributed by atoms with Crippen molar-refractivity contribution in [2.75, 3.05) is 0 Å². The van der Waals surface area contributed by atoms with Gasteiger partial charge in [-0.25, -0.2) is 0 Å². The van der Waals surface area contributed by atoms with Crippen molar-refractivity contribution < 1.29 is 4.79 Å². The van der Waals surface area contributed by atoms with E-state index in [1.807, 2.05) is 0 Å². The second-order valence-electron chi connectivity index (χ2n) is 17.8. The summed E-state index contributed by atoms with van der Waals surface area (Å²) in [5, 5.41) is 24.8. The number of hydrogen-bond donors (Lipinski definition) is 0. The van der Waals surface area contributed by atoms with E-state index < -0.39 is 0 Å². The van der Waals surface area contributed by atoms with Gasteiger partial charge in [0.2, 0.25) is 0 Å². The molecule has 294 valence electrons. The average molecular weight is 793 g/mol. The lowest BCUT2D eigenvalue weighted by Crippen LogP contribution is -2.05. The lowest BCUT2D eigenvalue weighted by atomic mass is 9.80. The van der Waals surface area contributed by atoms with Crippen LogP contribution in [-0.4, -0.2) is 5.78 Å². The van der Waals surface area contributed by atoms with Gasteiger partial charge >= 0.3 is 0 Å². The molecule has 0 unspecified atom stereocenters. The lowest BCUT2D eigenvalue weighted by molar-refractivity contribution is 0.104. The van der Waals surface area contributed by atoms with E-state index in [2.05, 4.69) is 172 Å². The van der Waals surface area contributed by atoms with Crippen LogP contribution in [0.25, 0.3) is 119 Å². The summed E-state index contributed by atoms with van der Waals surface area (Å²) < 4.78 is 0. The zero-order valence-corrected chi connectivity index (χ0v) is 35.2. The first-order valence-corrected chi connectivity index (χ1v) is 22.7. The first-order valence-electron chi connectivity index (χ1n) is 22.7. The van der Waals surface area contributed by atoms with Crippen LogP contribution in [0.15, 0.2) is 158 Å². The highest BCUT2D eigenvalue weighted by Crippen LogP contribution is 2.56. The van der Waals surface area contributed by atoms with Crippen LogP contribution >= 0.6 is 0 Å². The van der Waals surface area contributed by atoms with Crippen LogP contribution in [0, 0.1) is 0 Å². The lowest BCUT2D eigenvalue weighted by Gasteiger charge is -2.22. The summed E-state index contributed by atoms with van der Waals surface area (Å²) in [7, 11) is 0. The van der Waals surface area contributed by atoms with Gasteiger partial charge in [-0.2, -0.15) is 0 Å². The summed E-state index contributed by atoms with van der Waals surface area (Å²) in [6.07, 6.45) is 5.86. The Balaban J connectivity index is 1.39. The smallest absolute Gasteiger partial charge is 0.194 e. The zero-order chi connectivity index (χ0) is 41.2. The number of benzene rings is 12. The van der Waals surface area contributed by atoms with E-state index in [-0.39, 0.29) is 5.78 Å². The number of fused-ring (bicyclic) bond motifs is 25. The van der Waals surface area contributed by atoms with Crippen molar-refractivity contribution in [1.82, 2.24) is 0 Å². The van der Waals surface area contributed by atoms with Crippen molar-refractivity contribution in [3.63, 3.8) is 0 Å². The van der Waals surface area contributed by atoms with Crippen LogP contribution in [-0.2, 0) is 12.8 Å². The summed E-state index contributed by atoms with van der Waals surface area (Å²) >= 11 is 0. The Bertz CT molecular complexity index is 3700. The molecule has 1 nitrogen and oxygen atoms in total. The molecule has 0 atom stereocenters. The molecule has 1 aliphatic rings. The van der Waals surface area contributed by atoms with Crippen LogP contribution < -0.4 is 0 Å². The summed E-state index contributed by atoms with van der Waals surface area (Å²) in [4.78, 5) is 16.1. The molecule has 12 aromatic rings. The molecule has 0 N–H and O–H groups in total. The first kappa shape index (κ1) is 35.6. The first-order chi connectivity index (χ1) is 30.6. The molecule has 0 heterocycles. The third-order valence-electron chi connectivity index (χ3n) is 14.5. The van der Waals surface area contributed by atoms with E-state index in [4.69, 9.17) is 0 Å². The Morgan fingerprint density at radius 1 is 0.306 bits per heavy atom. The third kappa shape index (κ3) is 4.77. The maximum Gasteiger partial charge on any atom is 0.194 e. The molecule has 12 aromatic carbocycles.